The topological polar surface area (TPSA) is 66.9 Å². The Morgan fingerprint density at radius 1 is 1.22 bits per heavy atom. The Labute approximate surface area is 216 Å². The molecule has 1 aromatic carbocycles. The van der Waals surface area contributed by atoms with Gasteiger partial charge < -0.3 is 19.7 Å². The summed E-state index contributed by atoms with van der Waals surface area (Å²) in [4.78, 5) is 21.8. The zero-order chi connectivity index (χ0) is 25.1. The fraction of sp³-hybridized carbons (Fsp3) is 0.630. The van der Waals surface area contributed by atoms with Gasteiger partial charge in [0.25, 0.3) is 0 Å². The minimum atomic E-state index is -0.963. The van der Waals surface area contributed by atoms with Gasteiger partial charge in [0.05, 0.1) is 35.6 Å². The lowest BCUT2D eigenvalue weighted by atomic mass is 9.77. The Bertz CT molecular complexity index is 1170. The number of carbonyl (C=O) groups is 1. The van der Waals surface area contributed by atoms with Gasteiger partial charge in [-0.1, -0.05) is 11.6 Å². The average molecular weight is 517 g/mol. The van der Waals surface area contributed by atoms with Crippen molar-refractivity contribution in [3.05, 3.63) is 29.4 Å². The first kappa shape index (κ1) is 24.3. The normalized spacial score (nSPS) is 34.2. The molecule has 36 heavy (non-hydrogen) atoms. The Morgan fingerprint density at radius 3 is 2.69 bits per heavy atom. The minimum absolute atomic E-state index is 0.0534. The van der Waals surface area contributed by atoms with Gasteiger partial charge in [-0.25, -0.2) is 9.37 Å². The number of ether oxygens (including phenoxy) is 2. The zero-order valence-corrected chi connectivity index (χ0v) is 21.7. The summed E-state index contributed by atoms with van der Waals surface area (Å²) in [7, 11) is 0. The van der Waals surface area contributed by atoms with Crippen LogP contribution in [-0.4, -0.2) is 79.6 Å². The molecule has 0 radical (unpaired) electrons. The molecule has 1 unspecified atom stereocenters. The van der Waals surface area contributed by atoms with Gasteiger partial charge in [-0.3, -0.25) is 9.69 Å². The second-order valence-electron chi connectivity index (χ2n) is 11.1. The first-order valence-corrected chi connectivity index (χ1v) is 13.4. The van der Waals surface area contributed by atoms with Crippen LogP contribution in [0.4, 0.5) is 15.9 Å². The number of anilines is 2. The lowest BCUT2D eigenvalue weighted by Gasteiger charge is -2.44. The van der Waals surface area contributed by atoms with Gasteiger partial charge >= 0.3 is 0 Å². The number of nitrogens with zero attached hydrogens (tertiary/aromatic N) is 3. The van der Waals surface area contributed by atoms with Crippen LogP contribution in [0.2, 0.25) is 5.02 Å². The van der Waals surface area contributed by atoms with E-state index >= 15 is 0 Å². The van der Waals surface area contributed by atoms with Crippen molar-refractivity contribution in [3.8, 4) is 0 Å². The number of nitrogens with one attached hydrogen (secondary N) is 1. The third-order valence-electron chi connectivity index (χ3n) is 8.89. The smallest absolute Gasteiger partial charge is 0.229 e. The van der Waals surface area contributed by atoms with Gasteiger partial charge in [0.2, 0.25) is 5.91 Å². The summed E-state index contributed by atoms with van der Waals surface area (Å²) in [6, 6.07) is 5.92. The van der Waals surface area contributed by atoms with E-state index < -0.39 is 11.7 Å². The van der Waals surface area contributed by atoms with E-state index in [1.165, 1.54) is 0 Å². The van der Waals surface area contributed by atoms with Gasteiger partial charge in [0.15, 0.2) is 0 Å². The van der Waals surface area contributed by atoms with Crippen molar-refractivity contribution in [2.45, 2.75) is 50.9 Å². The van der Waals surface area contributed by atoms with Crippen LogP contribution in [0.25, 0.3) is 10.8 Å². The maximum absolute atomic E-state index is 14.5. The summed E-state index contributed by atoms with van der Waals surface area (Å²) in [5.74, 6) is 0.675. The van der Waals surface area contributed by atoms with Crippen molar-refractivity contribution >= 4 is 39.8 Å². The standard InChI is InChI=1S/C27H34ClFN4O3/c1-3-36-19-11-27(12-19)13-20(27)25(34)31-24-10-17-9-22(21(28)8-18(17)14-30-24)32-4-6-33(7-5-32)26(2)16-35-15-23(26)29/h8-10,14,19-20,23H,3-7,11-13,15-16H2,1-2H3,(H,30,31,34)/t19?,20?,23-,26+,27?/m1/s1. The zero-order valence-electron chi connectivity index (χ0n) is 20.9. The predicted octanol–water partition coefficient (Wildman–Crippen LogP) is 4.28. The van der Waals surface area contributed by atoms with Crippen LogP contribution in [0, 0.1) is 11.3 Å². The van der Waals surface area contributed by atoms with E-state index in [2.05, 4.69) is 26.2 Å². The lowest BCUT2D eigenvalue weighted by molar-refractivity contribution is -0.120. The molecule has 1 spiro atoms. The van der Waals surface area contributed by atoms with Crippen molar-refractivity contribution in [3.63, 3.8) is 0 Å². The summed E-state index contributed by atoms with van der Waals surface area (Å²) in [5.41, 5.74) is 0.546. The van der Waals surface area contributed by atoms with Gasteiger partial charge in [0.1, 0.15) is 12.0 Å². The summed E-state index contributed by atoms with van der Waals surface area (Å²) >= 11 is 6.67. The van der Waals surface area contributed by atoms with Crippen molar-refractivity contribution in [2.75, 3.05) is 56.2 Å². The molecule has 2 aromatic rings. The number of halogens is 2. The second kappa shape index (κ2) is 9.08. The van der Waals surface area contributed by atoms with E-state index in [1.807, 2.05) is 26.0 Å². The second-order valence-corrected chi connectivity index (χ2v) is 11.5. The fourth-order valence-electron chi connectivity index (χ4n) is 6.43. The third-order valence-corrected chi connectivity index (χ3v) is 9.19. The van der Waals surface area contributed by atoms with E-state index in [1.54, 1.807) is 6.20 Å². The van der Waals surface area contributed by atoms with Crippen LogP contribution < -0.4 is 10.2 Å². The van der Waals surface area contributed by atoms with Gasteiger partial charge in [-0.05, 0) is 62.1 Å². The van der Waals surface area contributed by atoms with Crippen LogP contribution in [-0.2, 0) is 14.3 Å². The van der Waals surface area contributed by atoms with Crippen molar-refractivity contribution in [1.82, 2.24) is 9.88 Å². The molecule has 7 nitrogen and oxygen atoms in total. The van der Waals surface area contributed by atoms with E-state index in [0.717, 1.165) is 68.5 Å². The molecule has 4 fully saturated rings. The van der Waals surface area contributed by atoms with Crippen LogP contribution in [0.15, 0.2) is 24.4 Å². The molecule has 3 atom stereocenters. The molecule has 9 heteroatoms. The molecule has 2 saturated carbocycles. The Morgan fingerprint density at radius 2 is 2.00 bits per heavy atom. The van der Waals surface area contributed by atoms with Crippen molar-refractivity contribution in [1.29, 1.82) is 0 Å². The van der Waals surface area contributed by atoms with Gasteiger partial charge in [-0.2, -0.15) is 0 Å². The average Bonchev–Trinajstić information content (AvgIpc) is 3.50. The number of amides is 1. The molecule has 3 heterocycles. The van der Waals surface area contributed by atoms with Crippen molar-refractivity contribution < 1.29 is 18.7 Å². The number of hydrogen-bond acceptors (Lipinski definition) is 6. The number of rotatable bonds is 6. The quantitative estimate of drug-likeness (QED) is 0.618. The molecule has 2 saturated heterocycles. The molecular weight excluding hydrogens is 483 g/mol. The van der Waals surface area contributed by atoms with E-state index in [0.29, 0.717) is 23.6 Å². The number of alkyl halides is 1. The predicted molar refractivity (Wildman–Crippen MR) is 138 cm³/mol. The lowest BCUT2D eigenvalue weighted by Crippen LogP contribution is -2.59. The molecule has 4 aliphatic rings. The SMILES string of the molecule is CCOC1CC2(C1)CC2C(=O)Nc1cc2cc(N3CCN([C@@]4(C)COC[C@H]4F)CC3)c(Cl)cc2cn1. The molecule has 0 bridgehead atoms. The van der Waals surface area contributed by atoms with Gasteiger partial charge in [-0.15, -0.1) is 0 Å². The Balaban J connectivity index is 1.12. The summed E-state index contributed by atoms with van der Waals surface area (Å²) < 4.78 is 25.5. The molecule has 2 aliphatic heterocycles. The molecule has 2 aliphatic carbocycles. The fourth-order valence-corrected chi connectivity index (χ4v) is 6.73. The monoisotopic (exact) mass is 516 g/mol. The number of fused-ring (bicyclic) bond motifs is 1. The maximum atomic E-state index is 14.5. The highest BCUT2D eigenvalue weighted by Gasteiger charge is 2.64. The highest BCUT2D eigenvalue weighted by atomic mass is 35.5. The number of benzene rings is 1. The van der Waals surface area contributed by atoms with Crippen LogP contribution in [0.5, 0.6) is 0 Å². The molecule has 6 rings (SSSR count). The summed E-state index contributed by atoms with van der Waals surface area (Å²) in [6.45, 7) is 8.32. The molecule has 194 valence electrons. The molecule has 1 amide bonds. The van der Waals surface area contributed by atoms with Crippen LogP contribution in [0.1, 0.15) is 33.1 Å². The van der Waals surface area contributed by atoms with Crippen LogP contribution in [0.3, 0.4) is 0 Å². The highest BCUT2D eigenvalue weighted by molar-refractivity contribution is 6.34. The highest BCUT2D eigenvalue weighted by Crippen LogP contribution is 2.66. The van der Waals surface area contributed by atoms with Crippen molar-refractivity contribution in [2.24, 2.45) is 11.3 Å². The Kier molecular flexibility index (Phi) is 6.14. The minimum Gasteiger partial charge on any atom is -0.378 e. The van der Waals surface area contributed by atoms with E-state index in [9.17, 15) is 9.18 Å². The largest absolute Gasteiger partial charge is 0.378 e. The number of piperazine rings is 1. The molecular formula is C27H34ClFN4O3. The van der Waals surface area contributed by atoms with E-state index in [4.69, 9.17) is 21.1 Å². The number of carbonyl (C=O) groups excluding carboxylic acids is 1. The first-order chi connectivity index (χ1) is 17.3. The summed E-state index contributed by atoms with van der Waals surface area (Å²) in [6.07, 6.45) is 4.02. The maximum Gasteiger partial charge on any atom is 0.229 e. The Hall–Kier alpha value is -2.00. The number of hydrogen-bond donors (Lipinski definition) is 1. The first-order valence-electron chi connectivity index (χ1n) is 13.0. The summed E-state index contributed by atoms with van der Waals surface area (Å²) in [5, 5.41) is 5.61. The van der Waals surface area contributed by atoms with E-state index in [-0.39, 0.29) is 23.8 Å². The molecule has 1 aromatic heterocycles. The van der Waals surface area contributed by atoms with Gasteiger partial charge in [0, 0.05) is 50.3 Å². The third kappa shape index (κ3) is 4.16. The number of aromatic nitrogens is 1. The number of pyridine rings is 1. The van der Waals surface area contributed by atoms with Crippen LogP contribution >= 0.6 is 11.6 Å². The molecule has 1 N–H and O–H groups in total.